The van der Waals surface area contributed by atoms with Crippen molar-refractivity contribution in [3.8, 4) is 0 Å². The van der Waals surface area contributed by atoms with E-state index in [0.29, 0.717) is 18.1 Å². The highest BCUT2D eigenvalue weighted by atomic mass is 16.3. The second kappa shape index (κ2) is 6.69. The van der Waals surface area contributed by atoms with Crippen LogP contribution in [0.15, 0.2) is 30.6 Å². The normalized spacial score (nSPS) is 24.5. The first kappa shape index (κ1) is 15.3. The molecule has 0 radical (unpaired) electrons. The third-order valence-corrected chi connectivity index (χ3v) is 4.65. The van der Waals surface area contributed by atoms with E-state index in [4.69, 9.17) is 0 Å². The maximum atomic E-state index is 9.17. The molecule has 0 saturated carbocycles. The van der Waals surface area contributed by atoms with E-state index in [1.807, 2.05) is 6.07 Å². The lowest BCUT2D eigenvalue weighted by Crippen LogP contribution is -2.56. The molecular formula is C17H24N4O. The van der Waals surface area contributed by atoms with Crippen LogP contribution in [0.3, 0.4) is 0 Å². The van der Waals surface area contributed by atoms with Crippen molar-refractivity contribution in [2.75, 3.05) is 19.7 Å². The molecule has 2 heterocycles. The predicted octanol–water partition coefficient (Wildman–Crippen LogP) is 1.74. The Kier molecular flexibility index (Phi) is 4.66. The fourth-order valence-electron chi connectivity index (χ4n) is 3.27. The lowest BCUT2D eigenvalue weighted by Gasteiger charge is -2.42. The molecular weight excluding hydrogens is 276 g/mol. The van der Waals surface area contributed by atoms with Crippen molar-refractivity contribution in [1.29, 1.82) is 0 Å². The molecule has 0 amide bonds. The van der Waals surface area contributed by atoms with Gasteiger partial charge in [-0.25, -0.2) is 0 Å². The Labute approximate surface area is 131 Å². The number of hydrogen-bond acceptors (Lipinski definition) is 5. The van der Waals surface area contributed by atoms with Crippen molar-refractivity contribution in [3.05, 3.63) is 36.2 Å². The molecule has 1 saturated heterocycles. The first-order valence-corrected chi connectivity index (χ1v) is 7.99. The highest BCUT2D eigenvalue weighted by Gasteiger charge is 2.28. The van der Waals surface area contributed by atoms with Gasteiger partial charge in [-0.1, -0.05) is 6.07 Å². The van der Waals surface area contributed by atoms with Gasteiger partial charge in [-0.05, 0) is 38.0 Å². The van der Waals surface area contributed by atoms with E-state index in [0.717, 1.165) is 30.5 Å². The molecule has 3 rings (SSSR count). The molecule has 0 aliphatic carbocycles. The molecule has 5 heteroatoms. The molecule has 5 nitrogen and oxygen atoms in total. The summed E-state index contributed by atoms with van der Waals surface area (Å²) >= 11 is 0. The second-order valence-electron chi connectivity index (χ2n) is 6.14. The van der Waals surface area contributed by atoms with E-state index in [9.17, 15) is 5.11 Å². The molecule has 1 aromatic heterocycles. The average molecular weight is 300 g/mol. The minimum absolute atomic E-state index is 0.236. The predicted molar refractivity (Wildman–Crippen MR) is 87.6 cm³/mol. The molecule has 22 heavy (non-hydrogen) atoms. The van der Waals surface area contributed by atoms with Gasteiger partial charge in [0.2, 0.25) is 0 Å². The second-order valence-corrected chi connectivity index (χ2v) is 6.14. The van der Waals surface area contributed by atoms with Gasteiger partial charge in [-0.15, -0.1) is 0 Å². The smallest absolute Gasteiger partial charge is 0.0890 e. The van der Waals surface area contributed by atoms with Crippen LogP contribution in [0, 0.1) is 0 Å². The number of fused-ring (bicyclic) bond motifs is 1. The fraction of sp³-hybridized carbons (Fsp3) is 0.529. The molecule has 3 atom stereocenters. The van der Waals surface area contributed by atoms with Gasteiger partial charge in [0.1, 0.15) is 0 Å². The maximum absolute atomic E-state index is 9.17. The van der Waals surface area contributed by atoms with E-state index in [1.54, 1.807) is 12.4 Å². The van der Waals surface area contributed by atoms with Gasteiger partial charge >= 0.3 is 0 Å². The van der Waals surface area contributed by atoms with Gasteiger partial charge < -0.3 is 10.4 Å². The molecule has 1 aliphatic rings. The van der Waals surface area contributed by atoms with Crippen molar-refractivity contribution in [3.63, 3.8) is 0 Å². The average Bonchev–Trinajstić information content (AvgIpc) is 2.56. The van der Waals surface area contributed by atoms with Crippen LogP contribution >= 0.6 is 0 Å². The topological polar surface area (TPSA) is 61.3 Å². The summed E-state index contributed by atoms with van der Waals surface area (Å²) < 4.78 is 0. The number of nitrogens with one attached hydrogen (secondary N) is 1. The Morgan fingerprint density at radius 1 is 1.32 bits per heavy atom. The van der Waals surface area contributed by atoms with Crippen molar-refractivity contribution in [1.82, 2.24) is 20.2 Å². The molecule has 2 aromatic rings. The molecule has 2 N–H and O–H groups in total. The molecule has 1 fully saturated rings. The lowest BCUT2D eigenvalue weighted by atomic mass is 10.00. The number of aliphatic hydroxyl groups is 1. The van der Waals surface area contributed by atoms with Gasteiger partial charge in [-0.3, -0.25) is 14.9 Å². The van der Waals surface area contributed by atoms with E-state index in [-0.39, 0.29) is 6.61 Å². The lowest BCUT2D eigenvalue weighted by molar-refractivity contribution is 0.0895. The van der Waals surface area contributed by atoms with E-state index >= 15 is 0 Å². The van der Waals surface area contributed by atoms with Crippen LogP contribution in [0.5, 0.6) is 0 Å². The van der Waals surface area contributed by atoms with E-state index in [1.165, 1.54) is 5.56 Å². The Balaban J connectivity index is 1.82. The van der Waals surface area contributed by atoms with E-state index < -0.39 is 0 Å². The monoisotopic (exact) mass is 300 g/mol. The third-order valence-electron chi connectivity index (χ3n) is 4.65. The molecule has 0 bridgehead atoms. The zero-order valence-corrected chi connectivity index (χ0v) is 13.2. The summed E-state index contributed by atoms with van der Waals surface area (Å²) in [6.45, 7) is 6.65. The van der Waals surface area contributed by atoms with Crippen LogP contribution < -0.4 is 5.32 Å². The SMILES string of the molecule is CC(c1ccc2nccnc2c1)N1C[C@H](CCO)NC[C@H]1C. The van der Waals surface area contributed by atoms with Crippen LogP contribution in [0.2, 0.25) is 0 Å². The number of nitrogens with zero attached hydrogens (tertiary/aromatic N) is 3. The van der Waals surface area contributed by atoms with Gasteiger partial charge in [0.05, 0.1) is 11.0 Å². The van der Waals surface area contributed by atoms with Crippen molar-refractivity contribution in [2.45, 2.75) is 38.4 Å². The van der Waals surface area contributed by atoms with Gasteiger partial charge in [-0.2, -0.15) is 0 Å². The number of aliphatic hydroxyl groups excluding tert-OH is 1. The minimum Gasteiger partial charge on any atom is -0.396 e. The zero-order valence-electron chi connectivity index (χ0n) is 13.2. The third kappa shape index (κ3) is 3.11. The summed E-state index contributed by atoms with van der Waals surface area (Å²) in [6, 6.07) is 7.50. The summed E-state index contributed by atoms with van der Waals surface area (Å²) in [5.74, 6) is 0. The fourth-order valence-corrected chi connectivity index (χ4v) is 3.27. The first-order valence-electron chi connectivity index (χ1n) is 7.99. The number of aromatic nitrogens is 2. The molecule has 118 valence electrons. The molecule has 1 aromatic carbocycles. The van der Waals surface area contributed by atoms with Crippen LogP contribution in [-0.2, 0) is 0 Å². The Bertz CT molecular complexity index is 633. The van der Waals surface area contributed by atoms with Gasteiger partial charge in [0.15, 0.2) is 0 Å². The summed E-state index contributed by atoms with van der Waals surface area (Å²) in [5, 5.41) is 12.7. The first-order chi connectivity index (χ1) is 10.7. The Morgan fingerprint density at radius 2 is 2.09 bits per heavy atom. The molecule has 1 aliphatic heterocycles. The summed E-state index contributed by atoms with van der Waals surface area (Å²) in [5.41, 5.74) is 3.15. The minimum atomic E-state index is 0.236. The summed E-state index contributed by atoms with van der Waals surface area (Å²) in [7, 11) is 0. The van der Waals surface area contributed by atoms with Crippen molar-refractivity contribution < 1.29 is 5.11 Å². The highest BCUT2D eigenvalue weighted by Crippen LogP contribution is 2.26. The Hall–Kier alpha value is -1.56. The standard InChI is InChI=1S/C17H24N4O/c1-12-10-20-15(5-8-22)11-21(12)13(2)14-3-4-16-17(9-14)19-7-6-18-16/h3-4,6-7,9,12-13,15,20,22H,5,8,10-11H2,1-2H3/t12-,13?,15+/m1/s1. The molecule has 1 unspecified atom stereocenters. The van der Waals surface area contributed by atoms with Crippen LogP contribution in [-0.4, -0.2) is 51.8 Å². The van der Waals surface area contributed by atoms with Gasteiger partial charge in [0, 0.05) is 50.2 Å². The number of rotatable bonds is 4. The summed E-state index contributed by atoms with van der Waals surface area (Å²) in [6.07, 6.45) is 4.27. The van der Waals surface area contributed by atoms with Crippen LogP contribution in [0.4, 0.5) is 0 Å². The number of benzene rings is 1. The van der Waals surface area contributed by atoms with Crippen molar-refractivity contribution >= 4 is 11.0 Å². The summed E-state index contributed by atoms with van der Waals surface area (Å²) in [4.78, 5) is 11.2. The number of hydrogen-bond donors (Lipinski definition) is 2. The maximum Gasteiger partial charge on any atom is 0.0890 e. The van der Waals surface area contributed by atoms with Crippen LogP contribution in [0.25, 0.3) is 11.0 Å². The van der Waals surface area contributed by atoms with Crippen molar-refractivity contribution in [2.24, 2.45) is 0 Å². The van der Waals surface area contributed by atoms with Crippen LogP contribution in [0.1, 0.15) is 31.9 Å². The Morgan fingerprint density at radius 3 is 2.86 bits per heavy atom. The zero-order chi connectivity index (χ0) is 15.5. The van der Waals surface area contributed by atoms with E-state index in [2.05, 4.69) is 46.2 Å². The van der Waals surface area contributed by atoms with Gasteiger partial charge in [0.25, 0.3) is 0 Å². The quantitative estimate of drug-likeness (QED) is 0.900. The number of piperazine rings is 1. The molecule has 0 spiro atoms. The highest BCUT2D eigenvalue weighted by molar-refractivity contribution is 5.74. The largest absolute Gasteiger partial charge is 0.396 e.